The van der Waals surface area contributed by atoms with Gasteiger partial charge in [0.05, 0.1) is 24.7 Å². The summed E-state index contributed by atoms with van der Waals surface area (Å²) in [4.78, 5) is 23.4. The summed E-state index contributed by atoms with van der Waals surface area (Å²) in [5, 5.41) is 11.5. The second-order valence-corrected chi connectivity index (χ2v) is 6.67. The van der Waals surface area contributed by atoms with Crippen LogP contribution < -0.4 is 0 Å². The number of aryl methyl sites for hydroxylation is 1. The minimum Gasteiger partial charge on any atom is -0.330 e. The maximum atomic E-state index is 12.9. The lowest BCUT2D eigenvalue weighted by atomic mass is 10.1. The number of benzene rings is 1. The first-order valence-electron chi connectivity index (χ1n) is 8.26. The molecule has 0 fully saturated rings. The number of amides is 1. The van der Waals surface area contributed by atoms with Gasteiger partial charge in [0.15, 0.2) is 0 Å². The second-order valence-electron chi connectivity index (χ2n) is 5.81. The van der Waals surface area contributed by atoms with Crippen LogP contribution in [-0.2, 0) is 6.54 Å². The van der Waals surface area contributed by atoms with E-state index in [1.807, 2.05) is 49.4 Å². The van der Waals surface area contributed by atoms with E-state index < -0.39 is 0 Å². The highest BCUT2D eigenvalue weighted by atomic mass is 32.1. The molecule has 0 aliphatic carbocycles. The van der Waals surface area contributed by atoms with Crippen LogP contribution >= 0.6 is 11.3 Å². The number of rotatable bonds is 6. The van der Waals surface area contributed by atoms with Crippen molar-refractivity contribution in [3.8, 4) is 16.6 Å². The average molecular weight is 362 g/mol. The first-order valence-corrected chi connectivity index (χ1v) is 9.14. The zero-order chi connectivity index (χ0) is 18.4. The number of pyridine rings is 1. The molecule has 6 heteroatoms. The van der Waals surface area contributed by atoms with Crippen LogP contribution in [0, 0.1) is 18.3 Å². The lowest BCUT2D eigenvalue weighted by Crippen LogP contribution is -2.32. The van der Waals surface area contributed by atoms with Crippen LogP contribution in [0.5, 0.6) is 0 Å². The summed E-state index contributed by atoms with van der Waals surface area (Å²) in [6.45, 7) is 2.74. The Morgan fingerprint density at radius 1 is 1.23 bits per heavy atom. The molecule has 0 saturated heterocycles. The van der Waals surface area contributed by atoms with Gasteiger partial charge in [0.2, 0.25) is 0 Å². The fourth-order valence-electron chi connectivity index (χ4n) is 2.60. The predicted octanol–water partition coefficient (Wildman–Crippen LogP) is 4.07. The lowest BCUT2D eigenvalue weighted by molar-refractivity contribution is 0.0740. The Balaban J connectivity index is 1.83. The number of carbonyl (C=O) groups is 1. The minimum absolute atomic E-state index is 0.179. The molecule has 2 aromatic heterocycles. The van der Waals surface area contributed by atoms with Gasteiger partial charge in [0.1, 0.15) is 10.7 Å². The van der Waals surface area contributed by atoms with Crippen molar-refractivity contribution in [2.75, 3.05) is 6.54 Å². The Morgan fingerprint density at radius 2 is 2.04 bits per heavy atom. The van der Waals surface area contributed by atoms with Crippen molar-refractivity contribution in [2.24, 2.45) is 0 Å². The van der Waals surface area contributed by atoms with Crippen molar-refractivity contribution in [3.63, 3.8) is 0 Å². The molecule has 2 heterocycles. The minimum atomic E-state index is -0.179. The molecule has 1 amide bonds. The molecule has 26 heavy (non-hydrogen) atoms. The molecule has 0 aliphatic rings. The number of nitrogens with zero attached hydrogens (tertiary/aromatic N) is 4. The number of aromatic nitrogens is 2. The number of nitriles is 1. The van der Waals surface area contributed by atoms with Gasteiger partial charge in [-0.1, -0.05) is 30.3 Å². The fraction of sp³-hybridized carbons (Fsp3) is 0.200. The third-order valence-electron chi connectivity index (χ3n) is 3.96. The largest absolute Gasteiger partial charge is 0.330 e. The Labute approximate surface area is 156 Å². The van der Waals surface area contributed by atoms with E-state index in [2.05, 4.69) is 16.0 Å². The Bertz CT molecular complexity index is 930. The van der Waals surface area contributed by atoms with E-state index in [9.17, 15) is 4.79 Å². The van der Waals surface area contributed by atoms with E-state index in [4.69, 9.17) is 5.26 Å². The molecular formula is C20H18N4OS. The Morgan fingerprint density at radius 3 is 2.77 bits per heavy atom. The van der Waals surface area contributed by atoms with Crippen molar-refractivity contribution in [1.82, 2.24) is 14.9 Å². The second kappa shape index (κ2) is 8.37. The van der Waals surface area contributed by atoms with E-state index in [-0.39, 0.29) is 12.3 Å². The highest BCUT2D eigenvalue weighted by molar-refractivity contribution is 7.13. The highest BCUT2D eigenvalue weighted by Crippen LogP contribution is 2.27. The summed E-state index contributed by atoms with van der Waals surface area (Å²) in [6, 6.07) is 15.7. The van der Waals surface area contributed by atoms with Crippen LogP contribution in [0.15, 0.2) is 54.0 Å². The Kier molecular flexibility index (Phi) is 5.72. The average Bonchev–Trinajstić information content (AvgIpc) is 3.15. The molecule has 130 valence electrons. The number of hydrogen-bond acceptors (Lipinski definition) is 5. The van der Waals surface area contributed by atoms with Gasteiger partial charge in [-0.2, -0.15) is 5.26 Å². The van der Waals surface area contributed by atoms with Gasteiger partial charge in [-0.05, 0) is 24.6 Å². The van der Waals surface area contributed by atoms with Crippen LogP contribution in [0.25, 0.3) is 10.6 Å². The summed E-state index contributed by atoms with van der Waals surface area (Å²) in [5.74, 6) is -0.179. The molecule has 0 saturated carbocycles. The van der Waals surface area contributed by atoms with Gasteiger partial charge in [-0.3, -0.25) is 9.78 Å². The Hall–Kier alpha value is -3.04. The van der Waals surface area contributed by atoms with Crippen LogP contribution in [-0.4, -0.2) is 27.3 Å². The van der Waals surface area contributed by atoms with E-state index in [1.54, 1.807) is 16.5 Å². The molecule has 0 unspecified atom stereocenters. The van der Waals surface area contributed by atoms with E-state index in [0.717, 1.165) is 21.8 Å². The van der Waals surface area contributed by atoms with Gasteiger partial charge in [0.25, 0.3) is 5.91 Å². The standard InChI is InChI=1S/C20H18N4OS/c1-15-7-2-3-9-17(15)19-23-18(14-26-19)20(25)24(12-6-10-21)13-16-8-4-5-11-22-16/h2-5,7-9,11,14H,6,12-13H2,1H3. The molecule has 3 rings (SSSR count). The lowest BCUT2D eigenvalue weighted by Gasteiger charge is -2.20. The third kappa shape index (κ3) is 4.13. The summed E-state index contributed by atoms with van der Waals surface area (Å²) < 4.78 is 0. The maximum absolute atomic E-state index is 12.9. The molecule has 5 nitrogen and oxygen atoms in total. The number of thiazole rings is 1. The third-order valence-corrected chi connectivity index (χ3v) is 4.83. The van der Waals surface area contributed by atoms with Crippen molar-refractivity contribution >= 4 is 17.2 Å². The van der Waals surface area contributed by atoms with Gasteiger partial charge < -0.3 is 4.90 Å². The molecule has 0 spiro atoms. The first-order chi connectivity index (χ1) is 12.7. The molecule has 0 N–H and O–H groups in total. The molecule has 1 aromatic carbocycles. The smallest absolute Gasteiger partial charge is 0.273 e. The fourth-order valence-corrected chi connectivity index (χ4v) is 3.48. The van der Waals surface area contributed by atoms with E-state index in [0.29, 0.717) is 18.8 Å². The van der Waals surface area contributed by atoms with Gasteiger partial charge in [-0.25, -0.2) is 4.98 Å². The molecule has 0 radical (unpaired) electrons. The zero-order valence-electron chi connectivity index (χ0n) is 14.4. The van der Waals surface area contributed by atoms with Crippen molar-refractivity contribution < 1.29 is 4.79 Å². The molecule has 0 atom stereocenters. The van der Waals surface area contributed by atoms with Crippen LogP contribution in [0.4, 0.5) is 0 Å². The number of carbonyl (C=O) groups excluding carboxylic acids is 1. The molecular weight excluding hydrogens is 344 g/mol. The summed E-state index contributed by atoms with van der Waals surface area (Å²) >= 11 is 1.45. The predicted molar refractivity (Wildman–Crippen MR) is 101 cm³/mol. The van der Waals surface area contributed by atoms with Crippen molar-refractivity contribution in [3.05, 3.63) is 71.0 Å². The summed E-state index contributed by atoms with van der Waals surface area (Å²) in [7, 11) is 0. The van der Waals surface area contributed by atoms with Crippen molar-refractivity contribution in [2.45, 2.75) is 19.9 Å². The topological polar surface area (TPSA) is 69.9 Å². The zero-order valence-corrected chi connectivity index (χ0v) is 15.2. The van der Waals surface area contributed by atoms with E-state index >= 15 is 0 Å². The van der Waals surface area contributed by atoms with Crippen LogP contribution in [0.3, 0.4) is 0 Å². The van der Waals surface area contributed by atoms with Gasteiger partial charge >= 0.3 is 0 Å². The monoisotopic (exact) mass is 362 g/mol. The molecule has 0 aliphatic heterocycles. The first kappa shape index (κ1) is 17.8. The van der Waals surface area contributed by atoms with E-state index in [1.165, 1.54) is 11.3 Å². The van der Waals surface area contributed by atoms with Crippen molar-refractivity contribution in [1.29, 1.82) is 5.26 Å². The van der Waals surface area contributed by atoms with Crippen LogP contribution in [0.2, 0.25) is 0 Å². The highest BCUT2D eigenvalue weighted by Gasteiger charge is 2.20. The molecule has 3 aromatic rings. The molecule has 0 bridgehead atoms. The van der Waals surface area contributed by atoms with Gasteiger partial charge in [0, 0.05) is 23.7 Å². The number of hydrogen-bond donors (Lipinski definition) is 0. The summed E-state index contributed by atoms with van der Waals surface area (Å²) in [6.07, 6.45) is 1.97. The van der Waals surface area contributed by atoms with Gasteiger partial charge in [-0.15, -0.1) is 11.3 Å². The normalized spacial score (nSPS) is 10.3. The summed E-state index contributed by atoms with van der Waals surface area (Å²) in [5.41, 5.74) is 3.34. The maximum Gasteiger partial charge on any atom is 0.273 e. The quantitative estimate of drug-likeness (QED) is 0.663. The van der Waals surface area contributed by atoms with Crippen LogP contribution in [0.1, 0.15) is 28.2 Å². The SMILES string of the molecule is Cc1ccccc1-c1nc(C(=O)N(CCC#N)Cc2ccccn2)cs1.